The molecule has 0 atom stereocenters. The number of benzene rings is 2. The molecule has 2 aromatic carbocycles. The normalized spacial score (nSPS) is 10.6. The summed E-state index contributed by atoms with van der Waals surface area (Å²) in [6, 6.07) is 14.3. The summed E-state index contributed by atoms with van der Waals surface area (Å²) < 4.78 is 5.10. The zero-order valence-electron chi connectivity index (χ0n) is 17.2. The third-order valence-electron chi connectivity index (χ3n) is 4.65. The molecule has 150 valence electrons. The Bertz CT molecular complexity index is 801. The second-order valence-electron chi connectivity index (χ2n) is 7.08. The van der Waals surface area contributed by atoms with E-state index >= 15 is 0 Å². The number of thiocarbonyl (C=S) groups is 1. The Morgan fingerprint density at radius 2 is 1.86 bits per heavy atom. The van der Waals surface area contributed by atoms with Crippen LogP contribution in [0.1, 0.15) is 60.2 Å². The molecule has 0 fully saturated rings. The van der Waals surface area contributed by atoms with E-state index in [2.05, 4.69) is 48.7 Å². The molecular weight excluding hydrogens is 368 g/mol. The molecule has 0 spiro atoms. The number of esters is 1. The Hall–Kier alpha value is -2.40. The summed E-state index contributed by atoms with van der Waals surface area (Å²) in [7, 11) is 0. The van der Waals surface area contributed by atoms with E-state index in [9.17, 15) is 4.79 Å². The van der Waals surface area contributed by atoms with Crippen molar-refractivity contribution in [2.24, 2.45) is 0 Å². The van der Waals surface area contributed by atoms with Crippen molar-refractivity contribution < 1.29 is 9.53 Å². The number of aryl methyl sites for hydroxylation is 1. The van der Waals surface area contributed by atoms with Crippen LogP contribution in [0.2, 0.25) is 0 Å². The Morgan fingerprint density at radius 1 is 1.14 bits per heavy atom. The summed E-state index contributed by atoms with van der Waals surface area (Å²) in [4.78, 5) is 12.0. The lowest BCUT2D eigenvalue weighted by Crippen LogP contribution is -2.30. The standard InChI is InChI=1S/C23H30N2O2S/c1-5-27-22(26)20-9-6-10-21(17(20)4)25-23(28)24-15-7-8-18-11-13-19(14-12-18)16(2)3/h6,9-14,16H,5,7-8,15H2,1-4H3,(H2,24,25,28). The summed E-state index contributed by atoms with van der Waals surface area (Å²) in [5.41, 5.74) is 4.90. The van der Waals surface area contributed by atoms with Crippen molar-refractivity contribution in [2.75, 3.05) is 18.5 Å². The molecule has 0 saturated heterocycles. The summed E-state index contributed by atoms with van der Waals surface area (Å²) in [5, 5.41) is 6.97. The van der Waals surface area contributed by atoms with Crippen molar-refractivity contribution in [3.8, 4) is 0 Å². The van der Waals surface area contributed by atoms with Gasteiger partial charge in [0.05, 0.1) is 12.2 Å². The van der Waals surface area contributed by atoms with E-state index in [0.29, 0.717) is 23.2 Å². The van der Waals surface area contributed by atoms with Crippen LogP contribution in [0.3, 0.4) is 0 Å². The van der Waals surface area contributed by atoms with Gasteiger partial charge in [0.2, 0.25) is 0 Å². The molecule has 28 heavy (non-hydrogen) atoms. The predicted octanol–water partition coefficient (Wildman–Crippen LogP) is 5.21. The van der Waals surface area contributed by atoms with Gasteiger partial charge < -0.3 is 15.4 Å². The van der Waals surface area contributed by atoms with E-state index in [1.54, 1.807) is 13.0 Å². The van der Waals surface area contributed by atoms with Crippen LogP contribution in [0.25, 0.3) is 0 Å². The number of ether oxygens (including phenoxy) is 1. The first-order valence-electron chi connectivity index (χ1n) is 9.82. The van der Waals surface area contributed by atoms with Gasteiger partial charge in [-0.15, -0.1) is 0 Å². The maximum absolute atomic E-state index is 12.0. The molecule has 0 saturated carbocycles. The molecule has 0 aromatic heterocycles. The number of carbonyl (C=O) groups is 1. The maximum Gasteiger partial charge on any atom is 0.338 e. The molecule has 2 N–H and O–H groups in total. The van der Waals surface area contributed by atoms with E-state index in [1.165, 1.54) is 11.1 Å². The summed E-state index contributed by atoms with van der Waals surface area (Å²) >= 11 is 5.39. The first-order chi connectivity index (χ1) is 13.4. The van der Waals surface area contributed by atoms with Gasteiger partial charge in [0.25, 0.3) is 0 Å². The van der Waals surface area contributed by atoms with Gasteiger partial charge in [-0.05, 0) is 73.6 Å². The number of carbonyl (C=O) groups excluding carboxylic acids is 1. The van der Waals surface area contributed by atoms with Crippen LogP contribution < -0.4 is 10.6 Å². The lowest BCUT2D eigenvalue weighted by Gasteiger charge is -2.14. The van der Waals surface area contributed by atoms with E-state index in [0.717, 1.165) is 30.6 Å². The van der Waals surface area contributed by atoms with Crippen molar-refractivity contribution in [1.82, 2.24) is 5.32 Å². The zero-order valence-corrected chi connectivity index (χ0v) is 18.0. The van der Waals surface area contributed by atoms with Crippen molar-refractivity contribution >= 4 is 29.0 Å². The minimum absolute atomic E-state index is 0.314. The van der Waals surface area contributed by atoms with Gasteiger partial charge in [0, 0.05) is 12.2 Å². The molecule has 0 aliphatic carbocycles. The molecule has 0 radical (unpaired) electrons. The monoisotopic (exact) mass is 398 g/mol. The van der Waals surface area contributed by atoms with Gasteiger partial charge in [0.15, 0.2) is 5.11 Å². The lowest BCUT2D eigenvalue weighted by molar-refractivity contribution is 0.0525. The minimum atomic E-state index is -0.314. The number of anilines is 1. The maximum atomic E-state index is 12.0. The van der Waals surface area contributed by atoms with Crippen LogP contribution in [0.4, 0.5) is 5.69 Å². The van der Waals surface area contributed by atoms with Crippen LogP contribution in [0, 0.1) is 6.92 Å². The van der Waals surface area contributed by atoms with Crippen LogP contribution in [0.5, 0.6) is 0 Å². The van der Waals surface area contributed by atoms with Gasteiger partial charge >= 0.3 is 5.97 Å². The van der Waals surface area contributed by atoms with Crippen molar-refractivity contribution in [3.63, 3.8) is 0 Å². The highest BCUT2D eigenvalue weighted by Crippen LogP contribution is 2.20. The topological polar surface area (TPSA) is 50.4 Å². The highest BCUT2D eigenvalue weighted by atomic mass is 32.1. The van der Waals surface area contributed by atoms with Gasteiger partial charge in [-0.3, -0.25) is 0 Å². The molecule has 4 nitrogen and oxygen atoms in total. The molecule has 2 aromatic rings. The molecule has 0 aliphatic heterocycles. The van der Waals surface area contributed by atoms with E-state index in [-0.39, 0.29) is 5.97 Å². The lowest BCUT2D eigenvalue weighted by atomic mass is 10.0. The SMILES string of the molecule is CCOC(=O)c1cccc(NC(=S)NCCCc2ccc(C(C)C)cc2)c1C. The van der Waals surface area contributed by atoms with Crippen LogP contribution >= 0.6 is 12.2 Å². The number of hydrogen-bond acceptors (Lipinski definition) is 3. The Morgan fingerprint density at radius 3 is 2.50 bits per heavy atom. The first-order valence-corrected chi connectivity index (χ1v) is 10.2. The highest BCUT2D eigenvalue weighted by Gasteiger charge is 2.13. The summed E-state index contributed by atoms with van der Waals surface area (Å²) in [6.45, 7) is 9.24. The Labute approximate surface area is 173 Å². The number of nitrogens with one attached hydrogen (secondary N) is 2. The second-order valence-corrected chi connectivity index (χ2v) is 7.49. The molecule has 0 aliphatic rings. The number of hydrogen-bond donors (Lipinski definition) is 2. The molecule has 0 amide bonds. The summed E-state index contributed by atoms with van der Waals surface area (Å²) in [6.07, 6.45) is 2.00. The smallest absolute Gasteiger partial charge is 0.338 e. The zero-order chi connectivity index (χ0) is 20.5. The van der Waals surface area contributed by atoms with Gasteiger partial charge in [-0.25, -0.2) is 4.79 Å². The molecular formula is C23H30N2O2S. The molecule has 2 rings (SSSR count). The highest BCUT2D eigenvalue weighted by molar-refractivity contribution is 7.80. The van der Waals surface area contributed by atoms with Crippen molar-refractivity contribution in [3.05, 3.63) is 64.7 Å². The van der Waals surface area contributed by atoms with Crippen LogP contribution in [0.15, 0.2) is 42.5 Å². The number of rotatable bonds is 8. The molecule has 0 bridgehead atoms. The minimum Gasteiger partial charge on any atom is -0.462 e. The largest absolute Gasteiger partial charge is 0.462 e. The second kappa shape index (κ2) is 10.8. The van der Waals surface area contributed by atoms with E-state index < -0.39 is 0 Å². The molecule has 0 heterocycles. The third-order valence-corrected chi connectivity index (χ3v) is 4.90. The van der Waals surface area contributed by atoms with Gasteiger partial charge in [0.1, 0.15) is 0 Å². The molecule has 0 unspecified atom stereocenters. The van der Waals surface area contributed by atoms with Crippen molar-refractivity contribution in [2.45, 2.75) is 46.5 Å². The average molecular weight is 399 g/mol. The van der Waals surface area contributed by atoms with Gasteiger partial charge in [-0.1, -0.05) is 44.2 Å². The van der Waals surface area contributed by atoms with E-state index in [1.807, 2.05) is 19.1 Å². The van der Waals surface area contributed by atoms with Crippen LogP contribution in [-0.4, -0.2) is 24.2 Å². The van der Waals surface area contributed by atoms with Gasteiger partial charge in [-0.2, -0.15) is 0 Å². The Balaban J connectivity index is 1.81. The molecule has 5 heteroatoms. The quantitative estimate of drug-likeness (QED) is 0.363. The first kappa shape index (κ1) is 21.9. The van der Waals surface area contributed by atoms with Crippen molar-refractivity contribution in [1.29, 1.82) is 0 Å². The summed E-state index contributed by atoms with van der Waals surface area (Å²) in [5.74, 6) is 0.246. The fraction of sp³-hybridized carbons (Fsp3) is 0.391. The van der Waals surface area contributed by atoms with E-state index in [4.69, 9.17) is 17.0 Å². The fourth-order valence-corrected chi connectivity index (χ4v) is 3.14. The Kier molecular flexibility index (Phi) is 8.45. The third kappa shape index (κ3) is 6.34. The van der Waals surface area contributed by atoms with Crippen LogP contribution in [-0.2, 0) is 11.2 Å². The average Bonchev–Trinajstić information content (AvgIpc) is 2.67. The predicted molar refractivity (Wildman–Crippen MR) is 120 cm³/mol. The fourth-order valence-electron chi connectivity index (χ4n) is 2.93.